The summed E-state index contributed by atoms with van der Waals surface area (Å²) in [4.78, 5) is 16.0. The Morgan fingerprint density at radius 3 is 2.95 bits per heavy atom. The summed E-state index contributed by atoms with van der Waals surface area (Å²) in [6.07, 6.45) is 4.06. The van der Waals surface area contributed by atoms with Crippen molar-refractivity contribution in [3.8, 4) is 5.75 Å². The molecule has 0 atom stereocenters. The third-order valence-corrected chi connectivity index (χ3v) is 3.63. The van der Waals surface area contributed by atoms with Crippen LogP contribution in [0.2, 0.25) is 0 Å². The Morgan fingerprint density at radius 1 is 1.32 bits per heavy atom. The Kier molecular flexibility index (Phi) is 4.23. The number of nitrogens with two attached hydrogens (primary N) is 1. The average Bonchev–Trinajstić information content (AvgIpc) is 3.36. The Morgan fingerprint density at radius 2 is 2.18 bits per heavy atom. The summed E-state index contributed by atoms with van der Waals surface area (Å²) in [7, 11) is 0. The lowest BCUT2D eigenvalue weighted by molar-refractivity contribution is 0.0951. The Hall–Kier alpha value is -2.56. The van der Waals surface area contributed by atoms with Gasteiger partial charge < -0.3 is 15.8 Å². The summed E-state index contributed by atoms with van der Waals surface area (Å²) in [5.41, 5.74) is 7.31. The van der Waals surface area contributed by atoms with Crippen LogP contribution >= 0.6 is 0 Å². The van der Waals surface area contributed by atoms with E-state index in [1.165, 1.54) is 12.8 Å². The lowest BCUT2D eigenvalue weighted by atomic mass is 10.1. The Labute approximate surface area is 129 Å². The number of nitrogens with one attached hydrogen (secondary N) is 1. The maximum Gasteiger partial charge on any atom is 0.251 e. The van der Waals surface area contributed by atoms with Crippen LogP contribution in [-0.2, 0) is 6.61 Å². The van der Waals surface area contributed by atoms with Crippen LogP contribution in [0, 0.1) is 5.92 Å². The highest BCUT2D eigenvalue weighted by Crippen LogP contribution is 2.27. The van der Waals surface area contributed by atoms with Crippen molar-refractivity contribution in [2.45, 2.75) is 19.4 Å². The Bertz CT molecular complexity index is 668. The number of nitrogens with zero attached hydrogens (tertiary/aromatic N) is 1. The number of amides is 1. The van der Waals surface area contributed by atoms with Crippen LogP contribution in [0.1, 0.15) is 28.8 Å². The van der Waals surface area contributed by atoms with Crippen LogP contribution in [0.25, 0.3) is 0 Å². The number of nitrogen functional groups attached to an aromatic ring is 1. The second-order valence-corrected chi connectivity index (χ2v) is 5.53. The lowest BCUT2D eigenvalue weighted by Crippen LogP contribution is -2.25. The molecule has 3 rings (SSSR count). The average molecular weight is 297 g/mol. The van der Waals surface area contributed by atoms with Gasteiger partial charge in [0.2, 0.25) is 0 Å². The number of rotatable bonds is 6. The summed E-state index contributed by atoms with van der Waals surface area (Å²) >= 11 is 0. The van der Waals surface area contributed by atoms with Crippen molar-refractivity contribution in [2.75, 3.05) is 12.3 Å². The molecule has 1 fully saturated rings. The monoisotopic (exact) mass is 297 g/mol. The molecule has 1 aromatic carbocycles. The number of aromatic nitrogens is 1. The molecule has 0 bridgehead atoms. The number of hydrogen-bond donors (Lipinski definition) is 2. The molecule has 114 valence electrons. The minimum absolute atomic E-state index is 0.0327. The fourth-order valence-corrected chi connectivity index (χ4v) is 2.15. The smallest absolute Gasteiger partial charge is 0.251 e. The van der Waals surface area contributed by atoms with Gasteiger partial charge in [-0.1, -0.05) is 12.1 Å². The molecule has 0 spiro atoms. The van der Waals surface area contributed by atoms with Crippen molar-refractivity contribution < 1.29 is 9.53 Å². The van der Waals surface area contributed by atoms with Crippen molar-refractivity contribution >= 4 is 11.7 Å². The number of hydrogen-bond acceptors (Lipinski definition) is 4. The summed E-state index contributed by atoms with van der Waals surface area (Å²) < 4.78 is 5.65. The summed E-state index contributed by atoms with van der Waals surface area (Å²) in [5, 5.41) is 2.96. The number of carbonyl (C=O) groups is 1. The zero-order valence-corrected chi connectivity index (χ0v) is 12.3. The van der Waals surface area contributed by atoms with E-state index in [0.717, 1.165) is 12.1 Å². The van der Waals surface area contributed by atoms with Crippen molar-refractivity contribution in [3.63, 3.8) is 0 Å². The lowest BCUT2D eigenvalue weighted by Gasteiger charge is -2.09. The van der Waals surface area contributed by atoms with Gasteiger partial charge in [-0.15, -0.1) is 0 Å². The van der Waals surface area contributed by atoms with E-state index in [2.05, 4.69) is 10.3 Å². The first-order valence-electron chi connectivity index (χ1n) is 7.43. The predicted molar refractivity (Wildman–Crippen MR) is 84.5 cm³/mol. The van der Waals surface area contributed by atoms with Gasteiger partial charge in [-0.05, 0) is 48.6 Å². The maximum absolute atomic E-state index is 12.1. The van der Waals surface area contributed by atoms with Gasteiger partial charge in [0.15, 0.2) is 11.6 Å². The molecule has 3 N–H and O–H groups in total. The number of pyridine rings is 1. The van der Waals surface area contributed by atoms with Crippen molar-refractivity contribution in [3.05, 3.63) is 53.7 Å². The molecule has 1 aliphatic rings. The van der Waals surface area contributed by atoms with Crippen molar-refractivity contribution in [1.82, 2.24) is 10.3 Å². The quantitative estimate of drug-likeness (QED) is 0.858. The van der Waals surface area contributed by atoms with Gasteiger partial charge in [0.25, 0.3) is 5.91 Å². The summed E-state index contributed by atoms with van der Waals surface area (Å²) in [6, 6.07) is 11.0. The standard InChI is InChI=1S/C17H19N3O2/c18-16-15(5-2-8-19-16)22-11-13-3-1-4-14(9-13)17(21)20-10-12-6-7-12/h1-5,8-9,12H,6-7,10-11H2,(H2,18,19)(H,20,21). The molecule has 1 aromatic heterocycles. The van der Waals surface area contributed by atoms with Crippen LogP contribution in [-0.4, -0.2) is 17.4 Å². The first-order chi connectivity index (χ1) is 10.7. The number of benzene rings is 1. The topological polar surface area (TPSA) is 77.2 Å². The van der Waals surface area contributed by atoms with Crippen LogP contribution in [0.15, 0.2) is 42.6 Å². The third-order valence-electron chi connectivity index (χ3n) is 3.63. The Balaban J connectivity index is 1.60. The van der Waals surface area contributed by atoms with E-state index < -0.39 is 0 Å². The van der Waals surface area contributed by atoms with Gasteiger partial charge in [-0.3, -0.25) is 4.79 Å². The molecular weight excluding hydrogens is 278 g/mol. The van der Waals surface area contributed by atoms with Crippen LogP contribution < -0.4 is 15.8 Å². The van der Waals surface area contributed by atoms with Gasteiger partial charge in [0.1, 0.15) is 6.61 Å². The molecule has 22 heavy (non-hydrogen) atoms. The zero-order chi connectivity index (χ0) is 15.4. The molecule has 0 unspecified atom stereocenters. The normalized spacial score (nSPS) is 13.6. The fourth-order valence-electron chi connectivity index (χ4n) is 2.15. The molecule has 0 saturated heterocycles. The molecule has 5 nitrogen and oxygen atoms in total. The van der Waals surface area contributed by atoms with E-state index >= 15 is 0 Å². The third kappa shape index (κ3) is 3.75. The molecule has 1 heterocycles. The number of ether oxygens (including phenoxy) is 1. The predicted octanol–water partition coefficient (Wildman–Crippen LogP) is 2.38. The van der Waals surface area contributed by atoms with E-state index in [1.54, 1.807) is 18.3 Å². The minimum Gasteiger partial charge on any atom is -0.485 e. The highest BCUT2D eigenvalue weighted by atomic mass is 16.5. The van der Waals surface area contributed by atoms with Gasteiger partial charge >= 0.3 is 0 Å². The highest BCUT2D eigenvalue weighted by molar-refractivity contribution is 5.94. The fraction of sp³-hybridized carbons (Fsp3) is 0.294. The molecule has 1 saturated carbocycles. The molecule has 0 radical (unpaired) electrons. The van der Waals surface area contributed by atoms with Crippen molar-refractivity contribution in [1.29, 1.82) is 0 Å². The molecule has 2 aromatic rings. The van der Waals surface area contributed by atoms with Crippen LogP contribution in [0.3, 0.4) is 0 Å². The van der Waals surface area contributed by atoms with Crippen LogP contribution in [0.5, 0.6) is 5.75 Å². The van der Waals surface area contributed by atoms with Gasteiger partial charge in [-0.25, -0.2) is 4.98 Å². The highest BCUT2D eigenvalue weighted by Gasteiger charge is 2.21. The molecule has 5 heteroatoms. The van der Waals surface area contributed by atoms with E-state index in [9.17, 15) is 4.79 Å². The summed E-state index contributed by atoms with van der Waals surface area (Å²) in [6.45, 7) is 1.12. The second kappa shape index (κ2) is 6.47. The molecule has 1 aliphatic carbocycles. The zero-order valence-electron chi connectivity index (χ0n) is 12.3. The van der Waals surface area contributed by atoms with Crippen LogP contribution in [0.4, 0.5) is 5.82 Å². The van der Waals surface area contributed by atoms with E-state index in [4.69, 9.17) is 10.5 Å². The second-order valence-electron chi connectivity index (χ2n) is 5.53. The largest absolute Gasteiger partial charge is 0.485 e. The van der Waals surface area contributed by atoms with Gasteiger partial charge in [-0.2, -0.15) is 0 Å². The van der Waals surface area contributed by atoms with E-state index in [1.807, 2.05) is 24.3 Å². The summed E-state index contributed by atoms with van der Waals surface area (Å²) in [5.74, 6) is 1.55. The van der Waals surface area contributed by atoms with Gasteiger partial charge in [0.05, 0.1) is 0 Å². The van der Waals surface area contributed by atoms with Crippen molar-refractivity contribution in [2.24, 2.45) is 5.92 Å². The SMILES string of the molecule is Nc1ncccc1OCc1cccc(C(=O)NCC2CC2)c1. The van der Waals surface area contributed by atoms with E-state index in [0.29, 0.717) is 29.7 Å². The number of anilines is 1. The minimum atomic E-state index is -0.0327. The van der Waals surface area contributed by atoms with Gasteiger partial charge in [0, 0.05) is 18.3 Å². The molecule has 0 aliphatic heterocycles. The molecular formula is C17H19N3O2. The first kappa shape index (κ1) is 14.4. The van der Waals surface area contributed by atoms with E-state index in [-0.39, 0.29) is 5.91 Å². The maximum atomic E-state index is 12.1. The number of carbonyl (C=O) groups excluding carboxylic acids is 1. The molecule has 1 amide bonds. The first-order valence-corrected chi connectivity index (χ1v) is 7.43.